The van der Waals surface area contributed by atoms with E-state index in [-0.39, 0.29) is 23.1 Å². The number of benzene rings is 1. The van der Waals surface area contributed by atoms with E-state index in [2.05, 4.69) is 50.1 Å². The number of imidazole rings is 1. The van der Waals surface area contributed by atoms with Crippen LogP contribution in [-0.4, -0.2) is 49.0 Å². The van der Waals surface area contributed by atoms with Crippen LogP contribution in [0.5, 0.6) is 0 Å². The Balaban J connectivity index is 1.42. The van der Waals surface area contributed by atoms with E-state index in [1.807, 2.05) is 12.1 Å². The Bertz CT molecular complexity index is 1170. The minimum absolute atomic E-state index is 0.230. The SMILES string of the molecule is Cn1c(=O)n(C2CCC(=O)NC2=O)c2ccc(N3CCC(CCO[Si](C)(C)C(C)(C)C)CC3)cc21. The molecule has 0 radical (unpaired) electrons. The Morgan fingerprint density at radius 3 is 2.37 bits per heavy atom. The van der Waals surface area contributed by atoms with E-state index >= 15 is 0 Å². The van der Waals surface area contributed by atoms with E-state index in [0.29, 0.717) is 12.3 Å². The highest BCUT2D eigenvalue weighted by molar-refractivity contribution is 6.74. The van der Waals surface area contributed by atoms with Gasteiger partial charge in [-0.1, -0.05) is 20.8 Å². The number of rotatable bonds is 6. The maximum absolute atomic E-state index is 13.0. The van der Waals surface area contributed by atoms with Crippen LogP contribution in [0, 0.1) is 5.92 Å². The smallest absolute Gasteiger partial charge is 0.329 e. The van der Waals surface area contributed by atoms with Crippen LogP contribution in [0.15, 0.2) is 23.0 Å². The number of anilines is 1. The van der Waals surface area contributed by atoms with Crippen LogP contribution in [-0.2, 0) is 21.1 Å². The van der Waals surface area contributed by atoms with E-state index in [9.17, 15) is 14.4 Å². The number of carbonyl (C=O) groups excluding carboxylic acids is 2. The Hall–Kier alpha value is -2.39. The van der Waals surface area contributed by atoms with Crippen molar-refractivity contribution in [2.24, 2.45) is 13.0 Å². The number of imide groups is 1. The maximum atomic E-state index is 13.0. The second-order valence-corrected chi connectivity index (χ2v) is 16.5. The molecule has 1 unspecified atom stereocenters. The van der Waals surface area contributed by atoms with Gasteiger partial charge in [0.2, 0.25) is 11.8 Å². The van der Waals surface area contributed by atoms with Gasteiger partial charge in [0, 0.05) is 38.9 Å². The fourth-order valence-corrected chi connectivity index (χ4v) is 6.02. The third kappa shape index (κ3) is 5.11. The highest BCUT2D eigenvalue weighted by atomic mass is 28.4. The first kappa shape index (κ1) is 25.7. The highest BCUT2D eigenvalue weighted by Gasteiger charge is 2.37. The molecule has 192 valence electrons. The van der Waals surface area contributed by atoms with Gasteiger partial charge in [0.15, 0.2) is 8.32 Å². The van der Waals surface area contributed by atoms with Gasteiger partial charge in [0.05, 0.1) is 11.0 Å². The number of aromatic nitrogens is 2. The van der Waals surface area contributed by atoms with E-state index in [4.69, 9.17) is 4.43 Å². The van der Waals surface area contributed by atoms with Crippen molar-refractivity contribution in [3.8, 4) is 0 Å². The first-order chi connectivity index (χ1) is 16.4. The summed E-state index contributed by atoms with van der Waals surface area (Å²) in [5.41, 5.74) is 2.41. The highest BCUT2D eigenvalue weighted by Crippen LogP contribution is 2.37. The van der Waals surface area contributed by atoms with Gasteiger partial charge in [0.25, 0.3) is 0 Å². The summed E-state index contributed by atoms with van der Waals surface area (Å²) in [7, 11) is 0.0493. The summed E-state index contributed by atoms with van der Waals surface area (Å²) in [6, 6.07) is 5.39. The number of aryl methyl sites for hydroxylation is 1. The standard InChI is InChI=1S/C26H40N4O4Si/c1-26(2,3)35(5,6)34-16-13-18-11-14-29(15-12-18)19-7-8-20-22(17-19)28(4)25(33)30(20)21-9-10-23(31)27-24(21)32/h7-8,17-18,21H,9-16H2,1-6H3,(H,27,31,32). The zero-order valence-corrected chi connectivity index (χ0v) is 23.0. The summed E-state index contributed by atoms with van der Waals surface area (Å²) in [6.45, 7) is 14.3. The molecule has 2 aliphatic rings. The van der Waals surface area contributed by atoms with Crippen molar-refractivity contribution in [3.63, 3.8) is 0 Å². The Kier molecular flexibility index (Phi) is 7.03. The normalized spacial score (nSPS) is 20.5. The summed E-state index contributed by atoms with van der Waals surface area (Å²) < 4.78 is 9.53. The topological polar surface area (TPSA) is 85.6 Å². The van der Waals surface area contributed by atoms with Gasteiger partial charge in [-0.3, -0.25) is 24.0 Å². The van der Waals surface area contributed by atoms with Crippen molar-refractivity contribution >= 4 is 36.9 Å². The van der Waals surface area contributed by atoms with Crippen LogP contribution in [0.2, 0.25) is 18.1 Å². The average molecular weight is 501 g/mol. The molecule has 0 saturated carbocycles. The Labute approximate surface area is 208 Å². The molecule has 2 aliphatic heterocycles. The lowest BCUT2D eigenvalue weighted by Crippen LogP contribution is -2.44. The molecule has 0 aliphatic carbocycles. The average Bonchev–Trinajstić information content (AvgIpc) is 3.03. The number of nitrogens with zero attached hydrogens (tertiary/aromatic N) is 3. The quantitative estimate of drug-likeness (QED) is 0.480. The van der Waals surface area contributed by atoms with Crippen LogP contribution in [0.1, 0.15) is 58.9 Å². The van der Waals surface area contributed by atoms with Gasteiger partial charge >= 0.3 is 5.69 Å². The lowest BCUT2D eigenvalue weighted by atomic mass is 9.93. The summed E-state index contributed by atoms with van der Waals surface area (Å²) in [4.78, 5) is 39.4. The molecule has 2 amide bonds. The van der Waals surface area contributed by atoms with Crippen molar-refractivity contribution in [2.75, 3.05) is 24.6 Å². The molecular formula is C26H40N4O4Si. The van der Waals surface area contributed by atoms with Gasteiger partial charge in [-0.2, -0.15) is 0 Å². The minimum Gasteiger partial charge on any atom is -0.417 e. The third-order valence-electron chi connectivity index (χ3n) is 8.37. The predicted molar refractivity (Wildman–Crippen MR) is 141 cm³/mol. The van der Waals surface area contributed by atoms with E-state index < -0.39 is 20.3 Å². The van der Waals surface area contributed by atoms with Crippen LogP contribution < -0.4 is 15.9 Å². The van der Waals surface area contributed by atoms with Gasteiger partial charge in [-0.15, -0.1) is 0 Å². The molecule has 9 heteroatoms. The van der Waals surface area contributed by atoms with Crippen LogP contribution >= 0.6 is 0 Å². The first-order valence-corrected chi connectivity index (χ1v) is 15.7. The van der Waals surface area contributed by atoms with Gasteiger partial charge < -0.3 is 9.33 Å². The maximum Gasteiger partial charge on any atom is 0.329 e. The molecule has 1 N–H and O–H groups in total. The lowest BCUT2D eigenvalue weighted by molar-refractivity contribution is -0.135. The van der Waals surface area contributed by atoms with E-state index in [1.54, 1.807) is 11.6 Å². The van der Waals surface area contributed by atoms with Gasteiger partial charge in [-0.05, 0) is 67.9 Å². The molecular weight excluding hydrogens is 460 g/mol. The number of hydrogen-bond acceptors (Lipinski definition) is 5. The van der Waals surface area contributed by atoms with Crippen molar-refractivity contribution in [2.45, 2.75) is 77.0 Å². The monoisotopic (exact) mass is 500 g/mol. The third-order valence-corrected chi connectivity index (χ3v) is 12.9. The predicted octanol–water partition coefficient (Wildman–Crippen LogP) is 3.95. The second-order valence-electron chi connectivity index (χ2n) is 11.7. The Morgan fingerprint density at radius 1 is 1.06 bits per heavy atom. The van der Waals surface area contributed by atoms with Crippen LogP contribution in [0.4, 0.5) is 5.69 Å². The van der Waals surface area contributed by atoms with Crippen LogP contribution in [0.3, 0.4) is 0 Å². The molecule has 1 aromatic heterocycles. The molecule has 1 atom stereocenters. The molecule has 2 aromatic rings. The zero-order valence-electron chi connectivity index (χ0n) is 22.0. The van der Waals surface area contributed by atoms with Crippen molar-refractivity contribution < 1.29 is 14.0 Å². The van der Waals surface area contributed by atoms with Crippen LogP contribution in [0.25, 0.3) is 11.0 Å². The number of piperidine rings is 2. The molecule has 8 nitrogen and oxygen atoms in total. The van der Waals surface area contributed by atoms with Gasteiger partial charge in [-0.25, -0.2) is 4.79 Å². The number of carbonyl (C=O) groups is 2. The fourth-order valence-electron chi connectivity index (χ4n) is 4.96. The van der Waals surface area contributed by atoms with Crippen molar-refractivity contribution in [3.05, 3.63) is 28.7 Å². The number of hydrogen-bond donors (Lipinski definition) is 1. The van der Waals surface area contributed by atoms with Gasteiger partial charge in [0.1, 0.15) is 6.04 Å². The summed E-state index contributed by atoms with van der Waals surface area (Å²) in [6.07, 6.45) is 3.97. The molecule has 3 heterocycles. The first-order valence-electron chi connectivity index (χ1n) is 12.8. The lowest BCUT2D eigenvalue weighted by Gasteiger charge is -2.37. The summed E-state index contributed by atoms with van der Waals surface area (Å²) in [5, 5.41) is 2.61. The number of amides is 2. The number of nitrogens with one attached hydrogen (secondary N) is 1. The minimum atomic E-state index is -1.69. The zero-order chi connectivity index (χ0) is 25.5. The van der Waals surface area contributed by atoms with Crippen molar-refractivity contribution in [1.29, 1.82) is 0 Å². The summed E-state index contributed by atoms with van der Waals surface area (Å²) >= 11 is 0. The molecule has 35 heavy (non-hydrogen) atoms. The summed E-state index contributed by atoms with van der Waals surface area (Å²) in [5.74, 6) is -0.00553. The van der Waals surface area contributed by atoms with E-state index in [0.717, 1.165) is 55.7 Å². The van der Waals surface area contributed by atoms with E-state index in [1.165, 1.54) is 4.57 Å². The second kappa shape index (κ2) is 9.58. The Morgan fingerprint density at radius 2 is 1.74 bits per heavy atom. The molecule has 2 fully saturated rings. The molecule has 4 rings (SSSR count). The molecule has 2 saturated heterocycles. The molecule has 0 spiro atoms. The number of fused-ring (bicyclic) bond motifs is 1. The molecule has 0 bridgehead atoms. The largest absolute Gasteiger partial charge is 0.417 e. The van der Waals surface area contributed by atoms with Crippen molar-refractivity contribution in [1.82, 2.24) is 14.5 Å². The fraction of sp³-hybridized carbons (Fsp3) is 0.654. The molecule has 1 aromatic carbocycles.